The van der Waals surface area contributed by atoms with Crippen molar-refractivity contribution in [2.75, 3.05) is 12.4 Å². The van der Waals surface area contributed by atoms with Crippen molar-refractivity contribution < 1.29 is 9.15 Å². The van der Waals surface area contributed by atoms with Crippen molar-refractivity contribution >= 4 is 23.0 Å². The van der Waals surface area contributed by atoms with Gasteiger partial charge in [-0.15, -0.1) is 0 Å². The van der Waals surface area contributed by atoms with Gasteiger partial charge >= 0.3 is 0 Å². The second kappa shape index (κ2) is 8.49. The molecule has 1 aromatic carbocycles. The third-order valence-electron chi connectivity index (χ3n) is 3.89. The van der Waals surface area contributed by atoms with E-state index < -0.39 is 0 Å². The second-order valence-electron chi connectivity index (χ2n) is 5.89. The number of anilines is 1. The van der Waals surface area contributed by atoms with Crippen LogP contribution in [-0.2, 0) is 13.1 Å². The van der Waals surface area contributed by atoms with Crippen LogP contribution in [0.25, 0.3) is 0 Å². The van der Waals surface area contributed by atoms with E-state index in [0.29, 0.717) is 18.2 Å². The Labute approximate surface area is 158 Å². The normalized spacial score (nSPS) is 10.4. The van der Waals surface area contributed by atoms with Gasteiger partial charge in [-0.2, -0.15) is 0 Å². The number of hydrogen-bond donors (Lipinski definition) is 1. The van der Waals surface area contributed by atoms with Gasteiger partial charge in [0, 0.05) is 6.20 Å². The van der Waals surface area contributed by atoms with E-state index in [-0.39, 0.29) is 0 Å². The smallest absolute Gasteiger partial charge is 0.174 e. The number of furan rings is 1. The van der Waals surface area contributed by atoms with E-state index in [1.165, 1.54) is 0 Å². The molecule has 5 nitrogen and oxygen atoms in total. The van der Waals surface area contributed by atoms with Crippen LogP contribution in [0.4, 0.5) is 5.69 Å². The summed E-state index contributed by atoms with van der Waals surface area (Å²) in [6.45, 7) is 3.14. The fraction of sp³-hybridized carbons (Fsp3) is 0.200. The molecule has 0 radical (unpaired) electrons. The molecule has 3 aromatic rings. The highest BCUT2D eigenvalue weighted by atomic mass is 32.1. The summed E-state index contributed by atoms with van der Waals surface area (Å²) in [4.78, 5) is 6.41. The first-order valence-electron chi connectivity index (χ1n) is 8.28. The average molecular weight is 367 g/mol. The van der Waals surface area contributed by atoms with Crippen molar-refractivity contribution in [3.8, 4) is 5.75 Å². The first-order valence-corrected chi connectivity index (χ1v) is 8.69. The lowest BCUT2D eigenvalue weighted by Gasteiger charge is -2.25. The van der Waals surface area contributed by atoms with E-state index in [1.54, 1.807) is 19.6 Å². The molecule has 0 saturated carbocycles. The first-order chi connectivity index (χ1) is 12.7. The van der Waals surface area contributed by atoms with E-state index in [1.807, 2.05) is 60.4 Å². The molecule has 6 heteroatoms. The topological polar surface area (TPSA) is 50.5 Å². The Morgan fingerprint density at radius 2 is 2.08 bits per heavy atom. The van der Waals surface area contributed by atoms with Gasteiger partial charge in [-0.25, -0.2) is 0 Å². The minimum atomic E-state index is 0.545. The molecule has 3 rings (SSSR count). The number of benzene rings is 1. The minimum absolute atomic E-state index is 0.545. The Bertz CT molecular complexity index is 851. The largest absolute Gasteiger partial charge is 0.495 e. The van der Waals surface area contributed by atoms with E-state index in [9.17, 15) is 0 Å². The van der Waals surface area contributed by atoms with Crippen LogP contribution in [0.15, 0.2) is 65.4 Å². The maximum Gasteiger partial charge on any atom is 0.174 e. The maximum atomic E-state index is 5.66. The molecule has 0 saturated heterocycles. The molecular weight excluding hydrogens is 346 g/mol. The summed E-state index contributed by atoms with van der Waals surface area (Å²) in [7, 11) is 1.65. The van der Waals surface area contributed by atoms with Crippen molar-refractivity contribution in [2.24, 2.45) is 0 Å². The molecule has 0 aliphatic heterocycles. The lowest BCUT2D eigenvalue weighted by molar-refractivity contribution is 0.356. The highest BCUT2D eigenvalue weighted by Gasteiger charge is 2.15. The lowest BCUT2D eigenvalue weighted by atomic mass is 10.2. The Morgan fingerprint density at radius 1 is 1.19 bits per heavy atom. The molecule has 1 N–H and O–H groups in total. The maximum absolute atomic E-state index is 5.66. The Balaban J connectivity index is 1.80. The Kier molecular flexibility index (Phi) is 5.86. The van der Waals surface area contributed by atoms with Gasteiger partial charge in [0.15, 0.2) is 5.11 Å². The van der Waals surface area contributed by atoms with Crippen molar-refractivity contribution in [1.29, 1.82) is 0 Å². The van der Waals surface area contributed by atoms with Gasteiger partial charge in [0.2, 0.25) is 0 Å². The van der Waals surface area contributed by atoms with Gasteiger partial charge in [0.05, 0.1) is 37.8 Å². The molecular formula is C20H21N3O2S. The molecule has 0 atom stereocenters. The highest BCUT2D eigenvalue weighted by molar-refractivity contribution is 7.80. The van der Waals surface area contributed by atoms with Crippen LogP contribution in [0, 0.1) is 6.92 Å². The monoisotopic (exact) mass is 367 g/mol. The molecule has 134 valence electrons. The zero-order valence-electron chi connectivity index (χ0n) is 14.8. The van der Waals surface area contributed by atoms with Crippen LogP contribution in [0.1, 0.15) is 17.0 Å². The molecule has 0 bridgehead atoms. The summed E-state index contributed by atoms with van der Waals surface area (Å²) >= 11 is 5.66. The fourth-order valence-corrected chi connectivity index (χ4v) is 2.81. The number of pyridine rings is 1. The number of aryl methyl sites for hydroxylation is 1. The molecule has 0 aliphatic rings. The fourth-order valence-electron chi connectivity index (χ4n) is 2.57. The molecule has 2 heterocycles. The SMILES string of the molecule is COc1cc(C)ccc1NC(=S)N(Cc1ccccn1)Cc1ccco1. The predicted octanol–water partition coefficient (Wildman–Crippen LogP) is 4.39. The number of hydrogen-bond acceptors (Lipinski definition) is 4. The standard InChI is InChI=1S/C20H21N3O2S/c1-15-8-9-18(19(12-15)24-2)22-20(26)23(14-17-7-5-11-25-17)13-16-6-3-4-10-21-16/h3-12H,13-14H2,1-2H3,(H,22,26). The van der Waals surface area contributed by atoms with Crippen molar-refractivity contribution in [3.05, 3.63) is 78.0 Å². The number of methoxy groups -OCH3 is 1. The summed E-state index contributed by atoms with van der Waals surface area (Å²) in [6.07, 6.45) is 3.44. The zero-order chi connectivity index (χ0) is 18.4. The number of ether oxygens (including phenoxy) is 1. The van der Waals surface area contributed by atoms with Gasteiger partial charge in [-0.1, -0.05) is 12.1 Å². The Morgan fingerprint density at radius 3 is 2.77 bits per heavy atom. The summed E-state index contributed by atoms with van der Waals surface area (Å²) in [5, 5.41) is 3.86. The third-order valence-corrected chi connectivity index (χ3v) is 4.25. The molecule has 0 fully saturated rings. The van der Waals surface area contributed by atoms with Crippen molar-refractivity contribution in [1.82, 2.24) is 9.88 Å². The average Bonchev–Trinajstić information content (AvgIpc) is 3.16. The van der Waals surface area contributed by atoms with Crippen molar-refractivity contribution in [3.63, 3.8) is 0 Å². The van der Waals surface area contributed by atoms with Gasteiger partial charge in [0.1, 0.15) is 11.5 Å². The number of nitrogens with zero attached hydrogens (tertiary/aromatic N) is 2. The van der Waals surface area contributed by atoms with Crippen LogP contribution in [0.5, 0.6) is 5.75 Å². The van der Waals surface area contributed by atoms with Gasteiger partial charge in [0.25, 0.3) is 0 Å². The van der Waals surface area contributed by atoms with Crippen LogP contribution in [-0.4, -0.2) is 22.1 Å². The van der Waals surface area contributed by atoms with Crippen LogP contribution in [0.2, 0.25) is 0 Å². The Hall–Kier alpha value is -2.86. The highest BCUT2D eigenvalue weighted by Crippen LogP contribution is 2.26. The van der Waals surface area contributed by atoms with Gasteiger partial charge in [-0.3, -0.25) is 4.98 Å². The predicted molar refractivity (Wildman–Crippen MR) is 106 cm³/mol. The van der Waals surface area contributed by atoms with Crippen molar-refractivity contribution in [2.45, 2.75) is 20.0 Å². The number of nitrogens with one attached hydrogen (secondary N) is 1. The zero-order valence-corrected chi connectivity index (χ0v) is 15.6. The quantitative estimate of drug-likeness (QED) is 0.652. The van der Waals surface area contributed by atoms with Crippen LogP contribution >= 0.6 is 12.2 Å². The summed E-state index contributed by atoms with van der Waals surface area (Å²) in [5.41, 5.74) is 2.88. The van der Waals surface area contributed by atoms with E-state index >= 15 is 0 Å². The van der Waals surface area contributed by atoms with Crippen LogP contribution in [0.3, 0.4) is 0 Å². The van der Waals surface area contributed by atoms with Gasteiger partial charge < -0.3 is 19.4 Å². The second-order valence-corrected chi connectivity index (χ2v) is 6.28. The summed E-state index contributed by atoms with van der Waals surface area (Å²) in [5.74, 6) is 1.59. The third kappa shape index (κ3) is 4.61. The molecule has 0 spiro atoms. The number of rotatable bonds is 6. The lowest BCUT2D eigenvalue weighted by Crippen LogP contribution is -2.34. The molecule has 2 aromatic heterocycles. The van der Waals surface area contributed by atoms with E-state index in [2.05, 4.69) is 10.3 Å². The van der Waals surface area contributed by atoms with E-state index in [0.717, 1.165) is 28.5 Å². The van der Waals surface area contributed by atoms with Crippen LogP contribution < -0.4 is 10.1 Å². The molecule has 0 aliphatic carbocycles. The number of thiocarbonyl (C=S) groups is 1. The minimum Gasteiger partial charge on any atom is -0.495 e. The summed E-state index contributed by atoms with van der Waals surface area (Å²) in [6, 6.07) is 15.6. The summed E-state index contributed by atoms with van der Waals surface area (Å²) < 4.78 is 10.9. The van der Waals surface area contributed by atoms with Gasteiger partial charge in [-0.05, 0) is 61.1 Å². The first kappa shape index (κ1) is 17.9. The molecule has 0 amide bonds. The number of aromatic nitrogens is 1. The van der Waals surface area contributed by atoms with E-state index in [4.69, 9.17) is 21.4 Å². The molecule has 26 heavy (non-hydrogen) atoms. The molecule has 0 unspecified atom stereocenters.